The van der Waals surface area contributed by atoms with Gasteiger partial charge in [-0.1, -0.05) is 47.7 Å². The van der Waals surface area contributed by atoms with Crippen molar-refractivity contribution in [3.63, 3.8) is 0 Å². The maximum absolute atomic E-state index is 5.56. The minimum absolute atomic E-state index is 0.770. The van der Waals surface area contributed by atoms with E-state index in [9.17, 15) is 0 Å². The van der Waals surface area contributed by atoms with Gasteiger partial charge in [-0.2, -0.15) is 0 Å². The van der Waals surface area contributed by atoms with E-state index >= 15 is 0 Å². The number of hydrogen-bond donors (Lipinski definition) is 0. The summed E-state index contributed by atoms with van der Waals surface area (Å²) < 4.78 is 7.66. The van der Waals surface area contributed by atoms with Crippen molar-refractivity contribution in [2.24, 2.45) is 0 Å². The molecule has 0 aliphatic rings. The zero-order valence-corrected chi connectivity index (χ0v) is 17.3. The van der Waals surface area contributed by atoms with Gasteiger partial charge in [0.15, 0.2) is 11.0 Å². The Labute approximate surface area is 174 Å². The van der Waals surface area contributed by atoms with Crippen molar-refractivity contribution in [1.82, 2.24) is 19.7 Å². The van der Waals surface area contributed by atoms with Crippen molar-refractivity contribution >= 4 is 11.8 Å². The average Bonchev–Trinajstić information content (AvgIpc) is 3.18. The zero-order valence-electron chi connectivity index (χ0n) is 16.4. The lowest BCUT2D eigenvalue weighted by molar-refractivity contribution is 0.416. The Balaban J connectivity index is 1.69. The smallest absolute Gasteiger partial charge is 0.196 e. The molecule has 0 radical (unpaired) electrons. The molecular formula is C23H22N4OS. The highest BCUT2D eigenvalue weighted by Gasteiger charge is 2.18. The van der Waals surface area contributed by atoms with Gasteiger partial charge in [0, 0.05) is 23.3 Å². The molecule has 0 atom stereocenters. The summed E-state index contributed by atoms with van der Waals surface area (Å²) in [4.78, 5) is 4.40. The number of aromatic nitrogens is 4. The van der Waals surface area contributed by atoms with Crippen molar-refractivity contribution in [3.8, 4) is 22.8 Å². The molecule has 6 heteroatoms. The van der Waals surface area contributed by atoms with Crippen LogP contribution in [0.25, 0.3) is 17.1 Å². The van der Waals surface area contributed by atoms with Crippen LogP contribution in [0, 0.1) is 6.92 Å². The SMILES string of the molecule is COc1ccccc1-c1nnc(SCCc2ccccn2)n1-c1ccc(C)cc1. The van der Waals surface area contributed by atoms with Crippen LogP contribution in [0.2, 0.25) is 0 Å². The number of pyridine rings is 1. The number of benzene rings is 2. The summed E-state index contributed by atoms with van der Waals surface area (Å²) in [6.45, 7) is 2.08. The highest BCUT2D eigenvalue weighted by molar-refractivity contribution is 7.99. The van der Waals surface area contributed by atoms with Crippen LogP contribution < -0.4 is 4.74 Å². The van der Waals surface area contributed by atoms with E-state index in [1.807, 2.05) is 48.7 Å². The van der Waals surface area contributed by atoms with E-state index in [-0.39, 0.29) is 0 Å². The molecule has 0 bridgehead atoms. The molecule has 0 spiro atoms. The van der Waals surface area contributed by atoms with Crippen LogP contribution in [0.15, 0.2) is 78.1 Å². The first-order chi connectivity index (χ1) is 14.3. The Morgan fingerprint density at radius 1 is 0.931 bits per heavy atom. The number of thioether (sulfide) groups is 1. The lowest BCUT2D eigenvalue weighted by atomic mass is 10.1. The Morgan fingerprint density at radius 2 is 1.72 bits per heavy atom. The minimum Gasteiger partial charge on any atom is -0.496 e. The van der Waals surface area contributed by atoms with Crippen LogP contribution >= 0.6 is 11.8 Å². The highest BCUT2D eigenvalue weighted by Crippen LogP contribution is 2.33. The number of nitrogens with zero attached hydrogens (tertiary/aromatic N) is 4. The number of aryl methyl sites for hydroxylation is 2. The molecule has 0 aliphatic heterocycles. The molecule has 2 aromatic carbocycles. The Hall–Kier alpha value is -3.12. The van der Waals surface area contributed by atoms with E-state index in [0.29, 0.717) is 0 Å². The predicted molar refractivity (Wildman–Crippen MR) is 117 cm³/mol. The fourth-order valence-corrected chi connectivity index (χ4v) is 4.00. The fourth-order valence-electron chi connectivity index (χ4n) is 3.09. The van der Waals surface area contributed by atoms with Crippen molar-refractivity contribution in [3.05, 3.63) is 84.2 Å². The molecule has 0 unspecified atom stereocenters. The molecule has 0 saturated carbocycles. The zero-order chi connectivity index (χ0) is 20.1. The van der Waals surface area contributed by atoms with Crippen molar-refractivity contribution in [1.29, 1.82) is 0 Å². The van der Waals surface area contributed by atoms with Crippen LogP contribution in [-0.4, -0.2) is 32.6 Å². The standard InChI is InChI=1S/C23H22N4OS/c1-17-10-12-19(13-11-17)27-22(20-8-3-4-9-21(20)28-2)25-26-23(27)29-16-14-18-7-5-6-15-24-18/h3-13,15H,14,16H2,1-2H3. The predicted octanol–water partition coefficient (Wildman–Crippen LogP) is 4.98. The number of rotatable bonds is 7. The number of ether oxygens (including phenoxy) is 1. The first-order valence-corrected chi connectivity index (χ1v) is 10.4. The van der Waals surface area contributed by atoms with Crippen molar-refractivity contribution in [2.75, 3.05) is 12.9 Å². The third-order valence-corrected chi connectivity index (χ3v) is 5.52. The topological polar surface area (TPSA) is 52.8 Å². The second kappa shape index (κ2) is 8.92. The molecule has 4 aromatic rings. The third-order valence-electron chi connectivity index (χ3n) is 4.59. The lowest BCUT2D eigenvalue weighted by Gasteiger charge is -2.12. The maximum atomic E-state index is 5.56. The summed E-state index contributed by atoms with van der Waals surface area (Å²) in [6, 6.07) is 22.3. The highest BCUT2D eigenvalue weighted by atomic mass is 32.2. The number of methoxy groups -OCH3 is 1. The van der Waals surface area contributed by atoms with E-state index in [4.69, 9.17) is 4.74 Å². The first kappa shape index (κ1) is 19.2. The quantitative estimate of drug-likeness (QED) is 0.408. The van der Waals surface area contributed by atoms with Crippen LogP contribution in [0.3, 0.4) is 0 Å². The molecule has 2 aromatic heterocycles. The molecule has 2 heterocycles. The molecule has 0 amide bonds. The Morgan fingerprint density at radius 3 is 2.48 bits per heavy atom. The average molecular weight is 403 g/mol. The summed E-state index contributed by atoms with van der Waals surface area (Å²) in [5.41, 5.74) is 4.23. The van der Waals surface area contributed by atoms with E-state index in [2.05, 4.69) is 50.9 Å². The van der Waals surface area contributed by atoms with Crippen LogP contribution in [0.5, 0.6) is 5.75 Å². The van der Waals surface area contributed by atoms with Crippen LogP contribution in [0.4, 0.5) is 0 Å². The van der Waals surface area contributed by atoms with Gasteiger partial charge in [0.1, 0.15) is 5.75 Å². The number of para-hydroxylation sites is 1. The van der Waals surface area contributed by atoms with Crippen LogP contribution in [-0.2, 0) is 6.42 Å². The molecule has 0 N–H and O–H groups in total. The molecule has 29 heavy (non-hydrogen) atoms. The summed E-state index contributed by atoms with van der Waals surface area (Å²) in [6.07, 6.45) is 2.70. The van der Waals surface area contributed by atoms with Crippen molar-refractivity contribution < 1.29 is 4.74 Å². The van der Waals surface area contributed by atoms with E-state index in [1.165, 1.54) is 5.56 Å². The Bertz CT molecular complexity index is 1080. The molecule has 146 valence electrons. The first-order valence-electron chi connectivity index (χ1n) is 9.45. The van der Waals surface area contributed by atoms with Gasteiger partial charge in [-0.25, -0.2) is 0 Å². The van der Waals surface area contributed by atoms with Gasteiger partial charge in [0.25, 0.3) is 0 Å². The van der Waals surface area contributed by atoms with E-state index in [1.54, 1.807) is 18.9 Å². The van der Waals surface area contributed by atoms with E-state index in [0.717, 1.165) is 45.8 Å². The lowest BCUT2D eigenvalue weighted by Crippen LogP contribution is -2.02. The van der Waals surface area contributed by atoms with Crippen molar-refractivity contribution in [2.45, 2.75) is 18.5 Å². The van der Waals surface area contributed by atoms with Crippen LogP contribution in [0.1, 0.15) is 11.3 Å². The van der Waals surface area contributed by atoms with Gasteiger partial charge >= 0.3 is 0 Å². The molecule has 0 saturated heterocycles. The molecule has 0 fully saturated rings. The summed E-state index contributed by atoms with van der Waals surface area (Å²) in [5, 5.41) is 9.87. The second-order valence-electron chi connectivity index (χ2n) is 6.60. The van der Waals surface area contributed by atoms with Gasteiger partial charge in [-0.15, -0.1) is 10.2 Å². The molecule has 4 rings (SSSR count). The fraction of sp³-hybridized carbons (Fsp3) is 0.174. The molecule has 0 aliphatic carbocycles. The maximum Gasteiger partial charge on any atom is 0.196 e. The summed E-state index contributed by atoms with van der Waals surface area (Å²) >= 11 is 1.68. The normalized spacial score (nSPS) is 10.8. The molecular weight excluding hydrogens is 380 g/mol. The van der Waals surface area contributed by atoms with Gasteiger partial charge in [-0.3, -0.25) is 9.55 Å². The van der Waals surface area contributed by atoms with Gasteiger partial charge in [-0.05, 0) is 49.7 Å². The summed E-state index contributed by atoms with van der Waals surface area (Å²) in [5.74, 6) is 2.41. The minimum atomic E-state index is 0.770. The number of hydrogen-bond acceptors (Lipinski definition) is 5. The summed E-state index contributed by atoms with van der Waals surface area (Å²) in [7, 11) is 1.67. The largest absolute Gasteiger partial charge is 0.496 e. The van der Waals surface area contributed by atoms with Gasteiger partial charge in [0.05, 0.1) is 12.7 Å². The monoisotopic (exact) mass is 402 g/mol. The van der Waals surface area contributed by atoms with Gasteiger partial charge in [0.2, 0.25) is 0 Å². The third kappa shape index (κ3) is 4.32. The second-order valence-corrected chi connectivity index (χ2v) is 7.66. The van der Waals surface area contributed by atoms with E-state index < -0.39 is 0 Å². The Kier molecular flexibility index (Phi) is 5.91. The van der Waals surface area contributed by atoms with Gasteiger partial charge < -0.3 is 4.74 Å². The molecule has 5 nitrogen and oxygen atoms in total.